The Morgan fingerprint density at radius 1 is 0.969 bits per heavy atom. The van der Waals surface area contributed by atoms with Crippen molar-refractivity contribution in [2.75, 3.05) is 18.8 Å². The number of carbonyl (C=O) groups excluding carboxylic acids is 1. The average molecular weight is 471 g/mol. The molecule has 1 fully saturated rings. The van der Waals surface area contributed by atoms with Crippen LogP contribution in [0.3, 0.4) is 0 Å². The van der Waals surface area contributed by atoms with E-state index in [4.69, 9.17) is 0 Å². The van der Waals surface area contributed by atoms with Crippen LogP contribution < -0.4 is 0 Å². The van der Waals surface area contributed by atoms with Crippen LogP contribution in [0.15, 0.2) is 64.6 Å². The van der Waals surface area contributed by atoms with Crippen LogP contribution in [0, 0.1) is 6.92 Å². The van der Waals surface area contributed by atoms with Gasteiger partial charge in [-0.2, -0.15) is 0 Å². The van der Waals surface area contributed by atoms with Gasteiger partial charge in [0.1, 0.15) is 5.75 Å². The quantitative estimate of drug-likeness (QED) is 0.490. The molecule has 2 aromatic carbocycles. The van der Waals surface area contributed by atoms with Gasteiger partial charge in [-0.05, 0) is 50.5 Å². The zero-order valence-electron chi connectivity index (χ0n) is 18.0. The van der Waals surface area contributed by atoms with Crippen LogP contribution in [0.5, 0.6) is 0 Å². The first kappa shape index (κ1) is 22.5. The topological polar surface area (TPSA) is 85.2 Å². The molecule has 1 aromatic heterocycles. The van der Waals surface area contributed by atoms with E-state index >= 15 is 0 Å². The van der Waals surface area contributed by atoms with Gasteiger partial charge in [0.25, 0.3) is 0 Å². The van der Waals surface area contributed by atoms with E-state index in [-0.39, 0.29) is 22.3 Å². The average Bonchev–Trinajstić information content (AvgIpc) is 3.20. The van der Waals surface area contributed by atoms with Crippen LogP contribution in [0.1, 0.15) is 30.7 Å². The second-order valence-electron chi connectivity index (χ2n) is 7.87. The standard InChI is InChI=1S/C23H26N4O3S2/c1-18-10-12-20(13-11-18)32(29,30)17-21-24-25-23(27(21)19-8-4-2-5-9-19)31-16-22(28)26-14-6-3-7-15-26/h2,4-5,8-13H,3,6-7,14-17H2,1H3. The highest BCUT2D eigenvalue weighted by molar-refractivity contribution is 7.99. The molecule has 0 spiro atoms. The Morgan fingerprint density at radius 3 is 2.34 bits per heavy atom. The lowest BCUT2D eigenvalue weighted by Gasteiger charge is -2.26. The fourth-order valence-electron chi connectivity index (χ4n) is 3.68. The monoisotopic (exact) mass is 470 g/mol. The largest absolute Gasteiger partial charge is 0.342 e. The number of amides is 1. The number of para-hydroxylation sites is 1. The van der Waals surface area contributed by atoms with E-state index in [1.165, 1.54) is 11.8 Å². The number of thioether (sulfide) groups is 1. The maximum Gasteiger partial charge on any atom is 0.233 e. The summed E-state index contributed by atoms with van der Waals surface area (Å²) in [6.07, 6.45) is 3.24. The van der Waals surface area contributed by atoms with E-state index in [9.17, 15) is 13.2 Å². The first-order valence-electron chi connectivity index (χ1n) is 10.6. The third kappa shape index (κ3) is 5.21. The molecule has 0 saturated carbocycles. The number of aromatic nitrogens is 3. The maximum atomic E-state index is 13.0. The minimum atomic E-state index is -3.60. The first-order valence-corrected chi connectivity index (χ1v) is 13.3. The van der Waals surface area contributed by atoms with Crippen LogP contribution in [-0.4, -0.2) is 52.8 Å². The van der Waals surface area contributed by atoms with Gasteiger partial charge in [0, 0.05) is 18.8 Å². The summed E-state index contributed by atoms with van der Waals surface area (Å²) in [5, 5.41) is 8.95. The fourth-order valence-corrected chi connectivity index (χ4v) is 5.80. The molecule has 7 nitrogen and oxygen atoms in total. The summed E-state index contributed by atoms with van der Waals surface area (Å²) in [6, 6.07) is 16.2. The van der Waals surface area contributed by atoms with Crippen molar-refractivity contribution in [3.63, 3.8) is 0 Å². The molecule has 0 N–H and O–H groups in total. The number of benzene rings is 2. The summed E-state index contributed by atoms with van der Waals surface area (Å²) >= 11 is 1.29. The van der Waals surface area contributed by atoms with E-state index in [2.05, 4.69) is 10.2 Å². The number of piperidine rings is 1. The van der Waals surface area contributed by atoms with Gasteiger partial charge in [0.2, 0.25) is 5.91 Å². The molecular formula is C23H26N4O3S2. The molecule has 1 aliphatic heterocycles. The molecule has 168 valence electrons. The summed E-state index contributed by atoms with van der Waals surface area (Å²) in [4.78, 5) is 14.8. The molecular weight excluding hydrogens is 444 g/mol. The Kier molecular flexibility index (Phi) is 6.95. The number of carbonyl (C=O) groups is 1. The molecule has 3 aromatic rings. The lowest BCUT2D eigenvalue weighted by atomic mass is 10.1. The van der Waals surface area contributed by atoms with Crippen molar-refractivity contribution in [3.05, 3.63) is 66.0 Å². The molecule has 2 heterocycles. The van der Waals surface area contributed by atoms with Gasteiger partial charge in [-0.3, -0.25) is 9.36 Å². The van der Waals surface area contributed by atoms with Crippen molar-refractivity contribution in [2.24, 2.45) is 0 Å². The highest BCUT2D eigenvalue weighted by Gasteiger charge is 2.24. The Labute approximate surface area is 192 Å². The van der Waals surface area contributed by atoms with Crippen LogP contribution in [0.4, 0.5) is 0 Å². The summed E-state index contributed by atoms with van der Waals surface area (Å²) in [5.74, 6) is 0.365. The van der Waals surface area contributed by atoms with Crippen LogP contribution in [-0.2, 0) is 20.4 Å². The predicted molar refractivity (Wildman–Crippen MR) is 125 cm³/mol. The van der Waals surface area contributed by atoms with Gasteiger partial charge in [-0.1, -0.05) is 47.7 Å². The van der Waals surface area contributed by atoms with Crippen molar-refractivity contribution >= 4 is 27.5 Å². The Bertz CT molecular complexity index is 1170. The second kappa shape index (κ2) is 9.87. The van der Waals surface area contributed by atoms with E-state index in [0.29, 0.717) is 11.0 Å². The second-order valence-corrected chi connectivity index (χ2v) is 10.8. The van der Waals surface area contributed by atoms with Gasteiger partial charge in [-0.15, -0.1) is 10.2 Å². The smallest absolute Gasteiger partial charge is 0.233 e. The third-order valence-electron chi connectivity index (χ3n) is 5.45. The number of rotatable bonds is 7. The molecule has 4 rings (SSSR count). The Hall–Kier alpha value is -2.65. The molecule has 0 bridgehead atoms. The maximum absolute atomic E-state index is 13.0. The number of aryl methyl sites for hydroxylation is 1. The zero-order chi connectivity index (χ0) is 22.6. The summed E-state index contributed by atoms with van der Waals surface area (Å²) in [6.45, 7) is 3.51. The molecule has 0 unspecified atom stereocenters. The van der Waals surface area contributed by atoms with Gasteiger partial charge < -0.3 is 4.90 Å². The molecule has 32 heavy (non-hydrogen) atoms. The highest BCUT2D eigenvalue weighted by atomic mass is 32.2. The lowest BCUT2D eigenvalue weighted by molar-refractivity contribution is -0.129. The minimum Gasteiger partial charge on any atom is -0.342 e. The van der Waals surface area contributed by atoms with Crippen LogP contribution in [0.2, 0.25) is 0 Å². The molecule has 1 amide bonds. The van der Waals surface area contributed by atoms with Gasteiger partial charge in [-0.25, -0.2) is 8.42 Å². The van der Waals surface area contributed by atoms with E-state index < -0.39 is 9.84 Å². The van der Waals surface area contributed by atoms with Gasteiger partial charge in [0.15, 0.2) is 20.8 Å². The number of likely N-dealkylation sites (tertiary alicyclic amines) is 1. The Balaban J connectivity index is 1.59. The van der Waals surface area contributed by atoms with E-state index in [1.54, 1.807) is 28.8 Å². The summed E-state index contributed by atoms with van der Waals surface area (Å²) < 4.78 is 27.8. The zero-order valence-corrected chi connectivity index (χ0v) is 19.6. The summed E-state index contributed by atoms with van der Waals surface area (Å²) in [7, 11) is -3.60. The molecule has 1 aliphatic rings. The number of hydrogen-bond acceptors (Lipinski definition) is 6. The molecule has 9 heteroatoms. The Morgan fingerprint density at radius 2 is 1.66 bits per heavy atom. The predicted octanol–water partition coefficient (Wildman–Crippen LogP) is 3.65. The van der Waals surface area contributed by atoms with E-state index in [1.807, 2.05) is 42.2 Å². The van der Waals surface area contributed by atoms with Crippen molar-refractivity contribution < 1.29 is 13.2 Å². The van der Waals surface area contributed by atoms with E-state index in [0.717, 1.165) is 43.6 Å². The molecule has 0 atom stereocenters. The fraction of sp³-hybridized carbons (Fsp3) is 0.348. The van der Waals surface area contributed by atoms with Gasteiger partial charge >= 0.3 is 0 Å². The normalized spacial score (nSPS) is 14.5. The SMILES string of the molecule is Cc1ccc(S(=O)(=O)Cc2nnc(SCC(=O)N3CCCCC3)n2-c2ccccc2)cc1. The molecule has 1 saturated heterocycles. The lowest BCUT2D eigenvalue weighted by Crippen LogP contribution is -2.36. The minimum absolute atomic E-state index is 0.0751. The molecule has 0 radical (unpaired) electrons. The molecule has 0 aliphatic carbocycles. The van der Waals surface area contributed by atoms with Crippen LogP contribution >= 0.6 is 11.8 Å². The van der Waals surface area contributed by atoms with Crippen molar-refractivity contribution in [1.82, 2.24) is 19.7 Å². The highest BCUT2D eigenvalue weighted by Crippen LogP contribution is 2.25. The van der Waals surface area contributed by atoms with Crippen molar-refractivity contribution in [3.8, 4) is 5.69 Å². The first-order chi connectivity index (χ1) is 15.4. The number of hydrogen-bond donors (Lipinski definition) is 0. The van der Waals surface area contributed by atoms with Crippen molar-refractivity contribution in [1.29, 1.82) is 0 Å². The number of nitrogens with zero attached hydrogens (tertiary/aromatic N) is 4. The van der Waals surface area contributed by atoms with Crippen LogP contribution in [0.25, 0.3) is 5.69 Å². The number of sulfone groups is 1. The third-order valence-corrected chi connectivity index (χ3v) is 7.99. The van der Waals surface area contributed by atoms with Gasteiger partial charge in [0.05, 0.1) is 10.6 Å². The van der Waals surface area contributed by atoms with Crippen molar-refractivity contribution in [2.45, 2.75) is 42.0 Å². The summed E-state index contributed by atoms with van der Waals surface area (Å²) in [5.41, 5.74) is 1.76.